The van der Waals surface area contributed by atoms with E-state index >= 15 is 0 Å². The number of carbonyl (C=O) groups excluding carboxylic acids is 1. The smallest absolute Gasteiger partial charge is 0.213 e. The van der Waals surface area contributed by atoms with Gasteiger partial charge in [0, 0.05) is 12.7 Å². The van der Waals surface area contributed by atoms with Crippen molar-refractivity contribution in [2.24, 2.45) is 0 Å². The van der Waals surface area contributed by atoms with Gasteiger partial charge in [0.05, 0.1) is 0 Å². The molecule has 16 heavy (non-hydrogen) atoms. The fourth-order valence-electron chi connectivity index (χ4n) is 1.97. The number of hydrogen-bond acceptors (Lipinski definition) is 1. The molecule has 2 heteroatoms. The molecule has 0 unspecified atom stereocenters. The predicted molar refractivity (Wildman–Crippen MR) is 69.1 cm³/mol. The van der Waals surface area contributed by atoms with Crippen molar-refractivity contribution in [1.29, 1.82) is 0 Å². The minimum atomic E-state index is 0.427. The van der Waals surface area contributed by atoms with E-state index in [4.69, 9.17) is 0 Å². The summed E-state index contributed by atoms with van der Waals surface area (Å²) in [5, 5.41) is 0. The van der Waals surface area contributed by atoms with Gasteiger partial charge in [-0.1, -0.05) is 45.9 Å². The lowest BCUT2D eigenvalue weighted by molar-refractivity contribution is -0.107. The lowest BCUT2D eigenvalue weighted by Gasteiger charge is -2.24. The Hall–Kier alpha value is -1.31. The van der Waals surface area contributed by atoms with Crippen molar-refractivity contribution in [2.45, 2.75) is 39.5 Å². The van der Waals surface area contributed by atoms with Gasteiger partial charge in [0.2, 0.25) is 6.41 Å². The van der Waals surface area contributed by atoms with E-state index in [0.717, 1.165) is 12.1 Å². The molecule has 0 aliphatic carbocycles. The Labute approximate surface area is 98.3 Å². The van der Waals surface area contributed by atoms with Crippen LogP contribution >= 0.6 is 0 Å². The summed E-state index contributed by atoms with van der Waals surface area (Å²) in [5.74, 6) is 0.854. The second-order valence-corrected chi connectivity index (χ2v) is 4.81. The second kappa shape index (κ2) is 5.15. The molecule has 0 aliphatic heterocycles. The molecule has 0 saturated heterocycles. The average Bonchev–Trinajstić information content (AvgIpc) is 2.26. The third-order valence-electron chi connectivity index (χ3n) is 2.85. The first-order valence-corrected chi connectivity index (χ1v) is 5.80. The van der Waals surface area contributed by atoms with Crippen molar-refractivity contribution < 1.29 is 4.79 Å². The summed E-state index contributed by atoms with van der Waals surface area (Å²) in [6.45, 7) is 8.62. The molecule has 0 aromatic heterocycles. The second-order valence-electron chi connectivity index (χ2n) is 4.81. The van der Waals surface area contributed by atoms with Crippen LogP contribution < -0.4 is 4.90 Å². The van der Waals surface area contributed by atoms with Crippen LogP contribution in [0.5, 0.6) is 0 Å². The Balaban J connectivity index is 3.40. The van der Waals surface area contributed by atoms with Gasteiger partial charge in [-0.15, -0.1) is 0 Å². The summed E-state index contributed by atoms with van der Waals surface area (Å²) in [6, 6.07) is 6.28. The molecule has 1 aromatic carbocycles. The van der Waals surface area contributed by atoms with Crippen LogP contribution in [0.3, 0.4) is 0 Å². The number of para-hydroxylation sites is 1. The highest BCUT2D eigenvalue weighted by molar-refractivity contribution is 5.79. The molecule has 1 amide bonds. The molecule has 0 bridgehead atoms. The minimum absolute atomic E-state index is 0.427. The van der Waals surface area contributed by atoms with E-state index in [1.807, 2.05) is 7.05 Å². The maximum Gasteiger partial charge on any atom is 0.213 e. The van der Waals surface area contributed by atoms with Gasteiger partial charge in [-0.25, -0.2) is 0 Å². The molecular weight excluding hydrogens is 198 g/mol. The van der Waals surface area contributed by atoms with Crippen LogP contribution in [-0.2, 0) is 4.79 Å². The summed E-state index contributed by atoms with van der Waals surface area (Å²) < 4.78 is 0. The SMILES string of the molecule is CC(C)c1cccc(C(C)C)c1N(C)C=O. The lowest BCUT2D eigenvalue weighted by Crippen LogP contribution is -2.18. The maximum atomic E-state index is 11.0. The third kappa shape index (κ3) is 2.43. The van der Waals surface area contributed by atoms with Gasteiger partial charge in [0.1, 0.15) is 0 Å². The lowest BCUT2D eigenvalue weighted by atomic mass is 9.92. The van der Waals surface area contributed by atoms with Gasteiger partial charge < -0.3 is 4.90 Å². The van der Waals surface area contributed by atoms with E-state index in [-0.39, 0.29) is 0 Å². The summed E-state index contributed by atoms with van der Waals surface area (Å²) in [5.41, 5.74) is 3.55. The van der Waals surface area contributed by atoms with Crippen molar-refractivity contribution in [3.05, 3.63) is 29.3 Å². The van der Waals surface area contributed by atoms with E-state index in [1.165, 1.54) is 11.1 Å². The quantitative estimate of drug-likeness (QED) is 0.709. The number of carbonyl (C=O) groups is 1. The normalized spacial score (nSPS) is 10.9. The van der Waals surface area contributed by atoms with Crippen molar-refractivity contribution in [3.8, 4) is 0 Å². The minimum Gasteiger partial charge on any atom is -0.317 e. The Bertz CT molecular complexity index is 343. The zero-order chi connectivity index (χ0) is 12.3. The zero-order valence-corrected chi connectivity index (χ0v) is 10.8. The summed E-state index contributed by atoms with van der Waals surface area (Å²) >= 11 is 0. The number of anilines is 1. The monoisotopic (exact) mass is 219 g/mol. The van der Waals surface area contributed by atoms with Crippen molar-refractivity contribution in [1.82, 2.24) is 0 Å². The van der Waals surface area contributed by atoms with Crippen LogP contribution in [0.2, 0.25) is 0 Å². The van der Waals surface area contributed by atoms with Gasteiger partial charge in [0.25, 0.3) is 0 Å². The van der Waals surface area contributed by atoms with E-state index in [1.54, 1.807) is 4.90 Å². The molecule has 0 atom stereocenters. The molecule has 88 valence electrons. The third-order valence-corrected chi connectivity index (χ3v) is 2.85. The molecule has 0 radical (unpaired) electrons. The highest BCUT2D eigenvalue weighted by atomic mass is 16.1. The number of nitrogens with zero attached hydrogens (tertiary/aromatic N) is 1. The first kappa shape index (κ1) is 12.8. The highest BCUT2D eigenvalue weighted by Gasteiger charge is 2.16. The van der Waals surface area contributed by atoms with Gasteiger partial charge in [-0.05, 0) is 23.0 Å². The Morgan fingerprint density at radius 3 is 1.81 bits per heavy atom. The van der Waals surface area contributed by atoms with Crippen molar-refractivity contribution in [3.63, 3.8) is 0 Å². The van der Waals surface area contributed by atoms with Gasteiger partial charge >= 0.3 is 0 Å². The van der Waals surface area contributed by atoms with Crippen LogP contribution in [0.1, 0.15) is 50.7 Å². The van der Waals surface area contributed by atoms with E-state index < -0.39 is 0 Å². The Morgan fingerprint density at radius 2 is 1.50 bits per heavy atom. The average molecular weight is 219 g/mol. The molecule has 0 saturated carbocycles. The molecule has 1 aromatic rings. The number of benzene rings is 1. The number of rotatable bonds is 4. The maximum absolute atomic E-state index is 11.0. The molecule has 1 rings (SSSR count). The van der Waals surface area contributed by atoms with E-state index in [0.29, 0.717) is 11.8 Å². The summed E-state index contributed by atoms with van der Waals surface area (Å²) in [4.78, 5) is 12.7. The van der Waals surface area contributed by atoms with Gasteiger partial charge in [0.15, 0.2) is 0 Å². The molecule has 2 nitrogen and oxygen atoms in total. The van der Waals surface area contributed by atoms with Crippen molar-refractivity contribution >= 4 is 12.1 Å². The Morgan fingerprint density at radius 1 is 1.06 bits per heavy atom. The fourth-order valence-corrected chi connectivity index (χ4v) is 1.97. The van der Waals surface area contributed by atoms with E-state index in [9.17, 15) is 4.79 Å². The molecular formula is C14H21NO. The summed E-state index contributed by atoms with van der Waals surface area (Å²) in [6.07, 6.45) is 0.882. The first-order valence-electron chi connectivity index (χ1n) is 5.80. The number of hydrogen-bond donors (Lipinski definition) is 0. The standard InChI is InChI=1S/C14H21NO/c1-10(2)12-7-6-8-13(11(3)4)14(12)15(5)9-16/h6-11H,1-5H3. The van der Waals surface area contributed by atoms with Crippen LogP contribution in [0.15, 0.2) is 18.2 Å². The molecule has 0 aliphatic rings. The predicted octanol–water partition coefficient (Wildman–Crippen LogP) is 3.53. The molecule has 0 heterocycles. The molecule has 0 N–H and O–H groups in total. The van der Waals surface area contributed by atoms with Crippen molar-refractivity contribution in [2.75, 3.05) is 11.9 Å². The Kier molecular flexibility index (Phi) is 4.11. The van der Waals surface area contributed by atoms with Crippen LogP contribution in [0.25, 0.3) is 0 Å². The van der Waals surface area contributed by atoms with Crippen LogP contribution in [0.4, 0.5) is 5.69 Å². The summed E-state index contributed by atoms with van der Waals surface area (Å²) in [7, 11) is 1.82. The first-order chi connectivity index (χ1) is 7.49. The zero-order valence-electron chi connectivity index (χ0n) is 10.8. The fraction of sp³-hybridized carbons (Fsp3) is 0.500. The largest absolute Gasteiger partial charge is 0.317 e. The van der Waals surface area contributed by atoms with Crippen LogP contribution in [-0.4, -0.2) is 13.5 Å². The van der Waals surface area contributed by atoms with Crippen LogP contribution in [0, 0.1) is 0 Å². The van der Waals surface area contributed by atoms with Gasteiger partial charge in [-0.2, -0.15) is 0 Å². The highest BCUT2D eigenvalue weighted by Crippen LogP contribution is 2.33. The number of amides is 1. The molecule has 0 fully saturated rings. The topological polar surface area (TPSA) is 20.3 Å². The van der Waals surface area contributed by atoms with Gasteiger partial charge in [-0.3, -0.25) is 4.79 Å². The molecule has 0 spiro atoms. The van der Waals surface area contributed by atoms with E-state index in [2.05, 4.69) is 45.9 Å².